The van der Waals surface area contributed by atoms with E-state index in [1.807, 2.05) is 31.2 Å². The van der Waals surface area contributed by atoms with Crippen molar-refractivity contribution in [3.05, 3.63) is 54.1 Å². The molecule has 0 bridgehead atoms. The van der Waals surface area contributed by atoms with Gasteiger partial charge < -0.3 is 26.0 Å². The number of carbonyl (C=O) groups excluding carboxylic acids is 2. The molecule has 1 unspecified atom stereocenters. The Hall–Kier alpha value is -2.61. The summed E-state index contributed by atoms with van der Waals surface area (Å²) in [5.74, 6) is -0.203. The fourth-order valence-corrected chi connectivity index (χ4v) is 2.60. The molecule has 1 aliphatic rings. The van der Waals surface area contributed by atoms with Crippen LogP contribution in [0.3, 0.4) is 0 Å². The highest BCUT2D eigenvalue weighted by molar-refractivity contribution is 6.01. The van der Waals surface area contributed by atoms with Gasteiger partial charge in [-0.3, -0.25) is 4.79 Å². The van der Waals surface area contributed by atoms with E-state index in [-0.39, 0.29) is 24.3 Å². The van der Waals surface area contributed by atoms with Gasteiger partial charge in [-0.15, -0.1) is 12.4 Å². The van der Waals surface area contributed by atoms with Gasteiger partial charge in [0.05, 0.1) is 6.61 Å². The molecule has 4 N–H and O–H groups in total. The van der Waals surface area contributed by atoms with E-state index < -0.39 is 6.10 Å². The molecule has 27 heavy (non-hydrogen) atoms. The van der Waals surface area contributed by atoms with Crippen molar-refractivity contribution < 1.29 is 14.3 Å². The Kier molecular flexibility index (Phi) is 7.60. The molecule has 3 rings (SSSR count). The van der Waals surface area contributed by atoms with Gasteiger partial charge in [0.2, 0.25) is 0 Å². The van der Waals surface area contributed by atoms with E-state index in [0.29, 0.717) is 30.2 Å². The van der Waals surface area contributed by atoms with Crippen LogP contribution in [-0.2, 0) is 9.53 Å². The van der Waals surface area contributed by atoms with Gasteiger partial charge >= 0.3 is 6.03 Å². The summed E-state index contributed by atoms with van der Waals surface area (Å²) in [4.78, 5) is 24.4. The van der Waals surface area contributed by atoms with E-state index in [4.69, 9.17) is 4.74 Å². The van der Waals surface area contributed by atoms with Crippen molar-refractivity contribution in [2.24, 2.45) is 0 Å². The fraction of sp³-hybridized carbons (Fsp3) is 0.263. The maximum absolute atomic E-state index is 12.3. The number of urea groups is 1. The van der Waals surface area contributed by atoms with Crippen LogP contribution in [0.5, 0.6) is 0 Å². The molecule has 3 amide bonds. The van der Waals surface area contributed by atoms with E-state index in [1.54, 1.807) is 24.3 Å². The molecule has 1 fully saturated rings. The summed E-state index contributed by atoms with van der Waals surface area (Å²) < 4.78 is 5.46. The van der Waals surface area contributed by atoms with Gasteiger partial charge in [0.15, 0.2) is 0 Å². The van der Waals surface area contributed by atoms with Gasteiger partial charge in [-0.25, -0.2) is 4.79 Å². The maximum Gasteiger partial charge on any atom is 0.323 e. The number of amides is 3. The zero-order valence-electron chi connectivity index (χ0n) is 15.0. The largest absolute Gasteiger partial charge is 0.366 e. The van der Waals surface area contributed by atoms with Crippen LogP contribution in [0.15, 0.2) is 48.5 Å². The van der Waals surface area contributed by atoms with E-state index >= 15 is 0 Å². The number of anilines is 3. The Morgan fingerprint density at radius 1 is 1.04 bits per heavy atom. The first-order chi connectivity index (χ1) is 12.6. The number of hydrogen-bond acceptors (Lipinski definition) is 4. The second-order valence-electron chi connectivity index (χ2n) is 6.03. The Morgan fingerprint density at radius 3 is 2.48 bits per heavy atom. The average molecular weight is 391 g/mol. The molecule has 0 saturated carbocycles. The highest BCUT2D eigenvalue weighted by Crippen LogP contribution is 2.21. The first kappa shape index (κ1) is 20.7. The van der Waals surface area contributed by atoms with E-state index in [1.165, 1.54) is 0 Å². The van der Waals surface area contributed by atoms with Crippen LogP contribution in [0.4, 0.5) is 21.9 Å². The maximum atomic E-state index is 12.3. The molecule has 0 aromatic heterocycles. The van der Waals surface area contributed by atoms with Crippen LogP contribution >= 0.6 is 12.4 Å². The normalized spacial score (nSPS) is 16.0. The fourth-order valence-electron chi connectivity index (χ4n) is 2.60. The molecule has 1 atom stereocenters. The minimum atomic E-state index is -0.513. The molecule has 2 aromatic rings. The summed E-state index contributed by atoms with van der Waals surface area (Å²) in [6.45, 7) is 3.64. The third-order valence-electron chi connectivity index (χ3n) is 4.01. The van der Waals surface area contributed by atoms with Gasteiger partial charge in [0.1, 0.15) is 6.10 Å². The summed E-state index contributed by atoms with van der Waals surface area (Å²) in [6, 6.07) is 14.2. The monoisotopic (exact) mass is 390 g/mol. The molecule has 144 valence electrons. The van der Waals surface area contributed by atoms with E-state index in [2.05, 4.69) is 21.3 Å². The Bertz CT molecular complexity index is 780. The highest BCUT2D eigenvalue weighted by Gasteiger charge is 2.22. The topological polar surface area (TPSA) is 91.5 Å². The van der Waals surface area contributed by atoms with Crippen LogP contribution in [0, 0.1) is 6.92 Å². The lowest BCUT2D eigenvalue weighted by molar-refractivity contribution is -0.128. The van der Waals surface area contributed by atoms with Crippen molar-refractivity contribution in [3.63, 3.8) is 0 Å². The first-order valence-electron chi connectivity index (χ1n) is 8.49. The Labute approximate surface area is 164 Å². The lowest BCUT2D eigenvalue weighted by atomic mass is 10.1. The lowest BCUT2D eigenvalue weighted by Gasteiger charge is -2.23. The van der Waals surface area contributed by atoms with Crippen LogP contribution in [0.25, 0.3) is 0 Å². The smallest absolute Gasteiger partial charge is 0.323 e. The third-order valence-corrected chi connectivity index (χ3v) is 4.01. The summed E-state index contributed by atoms with van der Waals surface area (Å²) in [5.41, 5.74) is 2.83. The molecule has 1 aliphatic heterocycles. The van der Waals surface area contributed by atoms with Gasteiger partial charge in [0, 0.05) is 30.2 Å². The van der Waals surface area contributed by atoms with Crippen LogP contribution in [0.2, 0.25) is 0 Å². The number of carbonyl (C=O) groups is 2. The minimum absolute atomic E-state index is 0. The molecule has 1 heterocycles. The SMILES string of the molecule is Cc1ccc(NC(=O)Nc2ccccc2)cc1NC(=O)C1CNCCO1.Cl. The number of nitrogens with one attached hydrogen (secondary N) is 4. The van der Waals surface area contributed by atoms with Crippen molar-refractivity contribution in [3.8, 4) is 0 Å². The molecular formula is C19H23ClN4O3. The number of rotatable bonds is 4. The summed E-state index contributed by atoms with van der Waals surface area (Å²) in [7, 11) is 0. The summed E-state index contributed by atoms with van der Waals surface area (Å²) in [6.07, 6.45) is -0.513. The molecule has 8 heteroatoms. The third kappa shape index (κ3) is 5.96. The zero-order chi connectivity index (χ0) is 18.4. The first-order valence-corrected chi connectivity index (χ1v) is 8.49. The van der Waals surface area contributed by atoms with Crippen LogP contribution in [-0.4, -0.2) is 37.7 Å². The molecule has 7 nitrogen and oxygen atoms in total. The number of para-hydroxylation sites is 1. The second-order valence-corrected chi connectivity index (χ2v) is 6.03. The van der Waals surface area contributed by atoms with Crippen molar-refractivity contribution >= 4 is 41.4 Å². The van der Waals surface area contributed by atoms with Gasteiger partial charge in [0.25, 0.3) is 5.91 Å². The number of benzene rings is 2. The Balaban J connectivity index is 0.00000261. The highest BCUT2D eigenvalue weighted by atomic mass is 35.5. The van der Waals surface area contributed by atoms with Gasteiger partial charge in [-0.05, 0) is 36.8 Å². The Morgan fingerprint density at radius 2 is 1.78 bits per heavy atom. The molecular weight excluding hydrogens is 368 g/mol. The minimum Gasteiger partial charge on any atom is -0.366 e. The molecule has 0 radical (unpaired) electrons. The molecule has 0 aliphatic carbocycles. The van der Waals surface area contributed by atoms with Gasteiger partial charge in [-0.1, -0.05) is 24.3 Å². The van der Waals surface area contributed by atoms with E-state index in [0.717, 1.165) is 12.1 Å². The average Bonchev–Trinajstić information content (AvgIpc) is 2.66. The number of hydrogen-bond donors (Lipinski definition) is 4. The van der Waals surface area contributed by atoms with E-state index in [9.17, 15) is 9.59 Å². The van der Waals surface area contributed by atoms with Crippen molar-refractivity contribution in [1.82, 2.24) is 5.32 Å². The van der Waals surface area contributed by atoms with Crippen molar-refractivity contribution in [1.29, 1.82) is 0 Å². The molecule has 2 aromatic carbocycles. The predicted molar refractivity (Wildman–Crippen MR) is 109 cm³/mol. The standard InChI is InChI=1S/C19H22N4O3.ClH/c1-13-7-8-15(22-19(25)21-14-5-3-2-4-6-14)11-16(13)23-18(24)17-12-20-9-10-26-17;/h2-8,11,17,20H,9-10,12H2,1H3,(H,23,24)(H2,21,22,25);1H. The lowest BCUT2D eigenvalue weighted by Crippen LogP contribution is -2.45. The summed E-state index contributed by atoms with van der Waals surface area (Å²) in [5, 5.41) is 11.5. The van der Waals surface area contributed by atoms with Crippen LogP contribution in [0.1, 0.15) is 5.56 Å². The van der Waals surface area contributed by atoms with Crippen LogP contribution < -0.4 is 21.3 Å². The second kappa shape index (κ2) is 9.91. The van der Waals surface area contributed by atoms with Crippen molar-refractivity contribution in [2.45, 2.75) is 13.0 Å². The number of morpholine rings is 1. The van der Waals surface area contributed by atoms with Crippen molar-refractivity contribution in [2.75, 3.05) is 35.6 Å². The quantitative estimate of drug-likeness (QED) is 0.645. The zero-order valence-corrected chi connectivity index (χ0v) is 15.8. The number of halogens is 1. The molecule has 0 spiro atoms. The summed E-state index contributed by atoms with van der Waals surface area (Å²) >= 11 is 0. The number of aryl methyl sites for hydroxylation is 1. The number of ether oxygens (including phenoxy) is 1. The van der Waals surface area contributed by atoms with Gasteiger partial charge in [-0.2, -0.15) is 0 Å². The predicted octanol–water partition coefficient (Wildman–Crippen LogP) is 2.99. The molecule has 1 saturated heterocycles.